The topological polar surface area (TPSA) is 73.3 Å². The number of thioether (sulfide) groups is 1. The van der Waals surface area contributed by atoms with Crippen molar-refractivity contribution in [2.24, 2.45) is 0 Å². The first-order valence-corrected chi connectivity index (χ1v) is 11.7. The van der Waals surface area contributed by atoms with Crippen LogP contribution < -0.4 is 14.8 Å². The number of rotatable bonds is 9. The lowest BCUT2D eigenvalue weighted by Crippen LogP contribution is -2.14. The smallest absolute Gasteiger partial charge is 0.234 e. The minimum absolute atomic E-state index is 0.109. The third-order valence-electron chi connectivity index (χ3n) is 4.95. The second-order valence-corrected chi connectivity index (χ2v) is 8.21. The molecule has 0 aliphatic carbocycles. The number of amides is 1. The van der Waals surface area contributed by atoms with Crippen LogP contribution in [-0.2, 0) is 11.2 Å². The molecule has 0 radical (unpaired) electrons. The lowest BCUT2D eigenvalue weighted by atomic mass is 10.1. The number of nitrogens with one attached hydrogen (secondary N) is 1. The molecule has 0 spiro atoms. The van der Waals surface area contributed by atoms with E-state index >= 15 is 0 Å². The predicted molar refractivity (Wildman–Crippen MR) is 132 cm³/mol. The molecule has 0 atom stereocenters. The number of carbonyl (C=O) groups is 1. The molecule has 33 heavy (non-hydrogen) atoms. The van der Waals surface area contributed by atoms with Gasteiger partial charge in [0.25, 0.3) is 0 Å². The maximum Gasteiger partial charge on any atom is 0.234 e. The van der Waals surface area contributed by atoms with E-state index in [1.54, 1.807) is 7.11 Å². The summed E-state index contributed by atoms with van der Waals surface area (Å²) in [6, 6.07) is 23.0. The molecule has 4 rings (SSSR count). The molecule has 7 heteroatoms. The Morgan fingerprint density at radius 3 is 2.36 bits per heavy atom. The van der Waals surface area contributed by atoms with E-state index in [1.165, 1.54) is 11.8 Å². The molecule has 6 nitrogen and oxygen atoms in total. The third-order valence-corrected chi connectivity index (χ3v) is 5.95. The summed E-state index contributed by atoms with van der Waals surface area (Å²) >= 11 is 1.38. The summed E-state index contributed by atoms with van der Waals surface area (Å²) in [6.07, 6.45) is 0.560. The van der Waals surface area contributed by atoms with Crippen LogP contribution >= 0.6 is 11.8 Å². The Morgan fingerprint density at radius 1 is 0.939 bits per heavy atom. The molecule has 1 N–H and O–H groups in total. The van der Waals surface area contributed by atoms with E-state index in [1.807, 2.05) is 79.7 Å². The number of benzene rings is 3. The summed E-state index contributed by atoms with van der Waals surface area (Å²) in [6.45, 7) is 2.54. The molecule has 4 aromatic rings. The molecule has 0 bridgehead atoms. The molecule has 0 fully saturated rings. The summed E-state index contributed by atoms with van der Waals surface area (Å²) in [5.41, 5.74) is 4.19. The molecule has 168 valence electrons. The van der Waals surface area contributed by atoms with Crippen molar-refractivity contribution >= 4 is 34.4 Å². The van der Waals surface area contributed by atoms with Gasteiger partial charge in [-0.2, -0.15) is 0 Å². The van der Waals surface area contributed by atoms with Crippen LogP contribution in [0, 0.1) is 0 Å². The van der Waals surface area contributed by atoms with Crippen molar-refractivity contribution in [3.05, 3.63) is 84.1 Å². The van der Waals surface area contributed by atoms with Crippen LogP contribution in [0.1, 0.15) is 18.2 Å². The number of carbonyl (C=O) groups excluding carboxylic acids is 1. The van der Waals surface area contributed by atoms with Gasteiger partial charge in [-0.25, -0.2) is 9.97 Å². The fourth-order valence-electron chi connectivity index (χ4n) is 3.41. The molecule has 0 saturated carbocycles. The fraction of sp³-hybridized carbons (Fsp3) is 0.192. The van der Waals surface area contributed by atoms with E-state index < -0.39 is 0 Å². The van der Waals surface area contributed by atoms with Gasteiger partial charge in [0.15, 0.2) is 0 Å². The zero-order valence-corrected chi connectivity index (χ0v) is 19.4. The molecule has 1 amide bonds. The summed E-state index contributed by atoms with van der Waals surface area (Å²) < 4.78 is 10.9. The van der Waals surface area contributed by atoms with Crippen molar-refractivity contribution in [1.29, 1.82) is 0 Å². The Balaban J connectivity index is 1.52. The van der Waals surface area contributed by atoms with Crippen molar-refractivity contribution < 1.29 is 14.3 Å². The number of para-hydroxylation sites is 3. The van der Waals surface area contributed by atoms with Crippen molar-refractivity contribution in [2.45, 2.75) is 18.4 Å². The number of hydrogen-bond donors (Lipinski definition) is 1. The van der Waals surface area contributed by atoms with Gasteiger partial charge in [0.05, 0.1) is 36.2 Å². The van der Waals surface area contributed by atoms with Gasteiger partial charge < -0.3 is 14.8 Å². The standard InChI is InChI=1S/C26H25N3O3S/c1-3-32-20-14-12-19(13-15-20)27-25(30)17-33-26-23(16-18-8-4-7-11-24(18)31-2)28-21-9-5-6-10-22(21)29-26/h4-15H,3,16-17H2,1-2H3,(H,27,30). The highest BCUT2D eigenvalue weighted by Crippen LogP contribution is 2.28. The zero-order valence-electron chi connectivity index (χ0n) is 18.6. The van der Waals surface area contributed by atoms with Crippen molar-refractivity contribution in [1.82, 2.24) is 9.97 Å². The Labute approximate surface area is 197 Å². The fourth-order valence-corrected chi connectivity index (χ4v) is 4.20. The number of methoxy groups -OCH3 is 1. The van der Waals surface area contributed by atoms with Crippen LogP contribution in [0.15, 0.2) is 77.8 Å². The van der Waals surface area contributed by atoms with E-state index in [4.69, 9.17) is 19.4 Å². The first-order valence-electron chi connectivity index (χ1n) is 10.7. The third kappa shape index (κ3) is 5.81. The Bertz CT molecular complexity index is 1250. The highest BCUT2D eigenvalue weighted by Gasteiger charge is 2.14. The number of aromatic nitrogens is 2. The van der Waals surface area contributed by atoms with Gasteiger partial charge >= 0.3 is 0 Å². The van der Waals surface area contributed by atoms with Gasteiger partial charge in [0.1, 0.15) is 16.5 Å². The van der Waals surface area contributed by atoms with E-state index in [0.29, 0.717) is 13.0 Å². The number of fused-ring (bicyclic) bond motifs is 1. The maximum absolute atomic E-state index is 12.6. The van der Waals surface area contributed by atoms with Crippen LogP contribution in [0.2, 0.25) is 0 Å². The van der Waals surface area contributed by atoms with Gasteiger partial charge in [-0.15, -0.1) is 0 Å². The number of ether oxygens (including phenoxy) is 2. The van der Waals surface area contributed by atoms with E-state index in [9.17, 15) is 4.79 Å². The molecule has 0 aliphatic heterocycles. The van der Waals surface area contributed by atoms with Gasteiger partial charge in [-0.05, 0) is 49.4 Å². The number of hydrogen-bond acceptors (Lipinski definition) is 6. The highest BCUT2D eigenvalue weighted by atomic mass is 32.2. The molecule has 0 unspecified atom stereocenters. The lowest BCUT2D eigenvalue weighted by Gasteiger charge is -2.12. The summed E-state index contributed by atoms with van der Waals surface area (Å²) in [4.78, 5) is 22.3. The summed E-state index contributed by atoms with van der Waals surface area (Å²) in [5, 5.41) is 3.66. The average molecular weight is 460 g/mol. The van der Waals surface area contributed by atoms with Gasteiger partial charge in [0.2, 0.25) is 5.91 Å². The summed E-state index contributed by atoms with van der Waals surface area (Å²) in [5.74, 6) is 1.69. The molecule has 0 saturated heterocycles. The minimum atomic E-state index is -0.109. The SMILES string of the molecule is CCOc1ccc(NC(=O)CSc2nc3ccccc3nc2Cc2ccccc2OC)cc1. The van der Waals surface area contributed by atoms with Crippen LogP contribution in [0.5, 0.6) is 11.5 Å². The number of nitrogens with zero attached hydrogens (tertiary/aromatic N) is 2. The van der Waals surface area contributed by atoms with Crippen molar-refractivity contribution in [3.63, 3.8) is 0 Å². The van der Waals surface area contributed by atoms with Gasteiger partial charge in [-0.1, -0.05) is 42.1 Å². The molecule has 1 aromatic heterocycles. The lowest BCUT2D eigenvalue weighted by molar-refractivity contribution is -0.113. The predicted octanol–water partition coefficient (Wildman–Crippen LogP) is 5.36. The van der Waals surface area contributed by atoms with Crippen LogP contribution in [0.4, 0.5) is 5.69 Å². The second-order valence-electron chi connectivity index (χ2n) is 7.25. The molecule has 0 aliphatic rings. The second kappa shape index (κ2) is 10.8. The monoisotopic (exact) mass is 459 g/mol. The largest absolute Gasteiger partial charge is 0.496 e. The van der Waals surface area contributed by atoms with Crippen molar-refractivity contribution in [3.8, 4) is 11.5 Å². The Morgan fingerprint density at radius 2 is 1.64 bits per heavy atom. The highest BCUT2D eigenvalue weighted by molar-refractivity contribution is 8.00. The Hall–Kier alpha value is -3.58. The normalized spacial score (nSPS) is 10.7. The number of anilines is 1. The minimum Gasteiger partial charge on any atom is -0.496 e. The average Bonchev–Trinajstić information content (AvgIpc) is 2.84. The molecule has 3 aromatic carbocycles. The van der Waals surface area contributed by atoms with Crippen molar-refractivity contribution in [2.75, 3.05) is 24.8 Å². The van der Waals surface area contributed by atoms with Gasteiger partial charge in [-0.3, -0.25) is 4.79 Å². The molecular weight excluding hydrogens is 434 g/mol. The summed E-state index contributed by atoms with van der Waals surface area (Å²) in [7, 11) is 1.66. The quantitative estimate of drug-likeness (QED) is 0.340. The van der Waals surface area contributed by atoms with E-state index in [2.05, 4.69) is 5.32 Å². The van der Waals surface area contributed by atoms with E-state index in [0.717, 1.165) is 44.5 Å². The van der Waals surface area contributed by atoms with Crippen LogP contribution in [-0.4, -0.2) is 35.3 Å². The molecular formula is C26H25N3O3S. The van der Waals surface area contributed by atoms with Crippen LogP contribution in [0.25, 0.3) is 11.0 Å². The van der Waals surface area contributed by atoms with E-state index in [-0.39, 0.29) is 11.7 Å². The first kappa shape index (κ1) is 22.6. The Kier molecular flexibility index (Phi) is 7.42. The first-order chi connectivity index (χ1) is 16.2. The van der Waals surface area contributed by atoms with Gasteiger partial charge in [0, 0.05) is 17.7 Å². The maximum atomic E-state index is 12.6. The zero-order chi connectivity index (χ0) is 23.0. The van der Waals surface area contributed by atoms with Crippen LogP contribution in [0.3, 0.4) is 0 Å². The molecule has 1 heterocycles.